The summed E-state index contributed by atoms with van der Waals surface area (Å²) in [6, 6.07) is 6.94. The van der Waals surface area contributed by atoms with E-state index >= 15 is 0 Å². The van der Waals surface area contributed by atoms with Gasteiger partial charge < -0.3 is 10.1 Å². The SMILES string of the molecule is CCOc1ccc(NC(=O)[C@]23C[C@H]2CCN(C)S3(=O)=O)cc1. The van der Waals surface area contributed by atoms with E-state index in [9.17, 15) is 13.2 Å². The van der Waals surface area contributed by atoms with Crippen molar-refractivity contribution in [1.29, 1.82) is 0 Å². The molecule has 120 valence electrons. The number of amides is 1. The van der Waals surface area contributed by atoms with E-state index in [-0.39, 0.29) is 5.92 Å². The molecule has 1 saturated carbocycles. The van der Waals surface area contributed by atoms with E-state index in [1.165, 1.54) is 11.4 Å². The summed E-state index contributed by atoms with van der Waals surface area (Å²) in [7, 11) is -2.03. The van der Waals surface area contributed by atoms with Crippen LogP contribution < -0.4 is 10.1 Å². The maximum atomic E-state index is 12.6. The average Bonchev–Trinajstić information content (AvgIpc) is 3.23. The van der Waals surface area contributed by atoms with Gasteiger partial charge in [-0.25, -0.2) is 12.7 Å². The molecule has 0 aromatic heterocycles. The van der Waals surface area contributed by atoms with E-state index in [1.54, 1.807) is 24.3 Å². The highest BCUT2D eigenvalue weighted by atomic mass is 32.2. The second kappa shape index (κ2) is 5.24. The number of sulfonamides is 1. The highest BCUT2D eigenvalue weighted by molar-refractivity contribution is 7.91. The van der Waals surface area contributed by atoms with Crippen molar-refractivity contribution in [3.05, 3.63) is 24.3 Å². The smallest absolute Gasteiger partial charge is 0.247 e. The lowest BCUT2D eigenvalue weighted by molar-refractivity contribution is -0.117. The second-order valence-corrected chi connectivity index (χ2v) is 8.12. The molecule has 0 bridgehead atoms. The quantitative estimate of drug-likeness (QED) is 0.909. The van der Waals surface area contributed by atoms with Crippen LogP contribution in [0.25, 0.3) is 0 Å². The normalized spacial score (nSPS) is 29.5. The maximum Gasteiger partial charge on any atom is 0.247 e. The molecule has 0 spiro atoms. The summed E-state index contributed by atoms with van der Waals surface area (Å²) in [6.07, 6.45) is 1.16. The van der Waals surface area contributed by atoms with Crippen molar-refractivity contribution in [2.24, 2.45) is 5.92 Å². The Bertz CT molecular complexity index is 686. The van der Waals surface area contributed by atoms with E-state index in [0.29, 0.717) is 31.0 Å². The zero-order valence-corrected chi connectivity index (χ0v) is 13.5. The molecule has 0 unspecified atom stereocenters. The summed E-state index contributed by atoms with van der Waals surface area (Å²) in [5.41, 5.74) is 0.580. The van der Waals surface area contributed by atoms with Gasteiger partial charge in [-0.3, -0.25) is 4.79 Å². The molecule has 1 N–H and O–H groups in total. The molecule has 2 aliphatic rings. The van der Waals surface area contributed by atoms with E-state index in [2.05, 4.69) is 5.32 Å². The number of nitrogens with zero attached hydrogens (tertiary/aromatic N) is 1. The fraction of sp³-hybridized carbons (Fsp3) is 0.533. The standard InChI is InChI=1S/C15H20N2O4S/c1-3-21-13-6-4-12(5-7-13)16-14(18)15-10-11(15)8-9-17(2)22(15,19)20/h4-7,11H,3,8-10H2,1-2H3,(H,16,18)/t11-,15+/m1/s1. The Morgan fingerprint density at radius 3 is 2.73 bits per heavy atom. The van der Waals surface area contributed by atoms with Gasteiger partial charge >= 0.3 is 0 Å². The number of hydrogen-bond donors (Lipinski definition) is 1. The van der Waals surface area contributed by atoms with Crippen LogP contribution in [-0.4, -0.2) is 43.6 Å². The Hall–Kier alpha value is -1.60. The Balaban J connectivity index is 1.77. The molecule has 22 heavy (non-hydrogen) atoms. The fourth-order valence-electron chi connectivity index (χ4n) is 3.13. The Kier molecular flexibility index (Phi) is 3.65. The number of fused-ring (bicyclic) bond motifs is 1. The number of rotatable bonds is 4. The molecule has 1 aromatic carbocycles. The first-order chi connectivity index (χ1) is 10.4. The first kappa shape index (κ1) is 15.3. The monoisotopic (exact) mass is 324 g/mol. The van der Waals surface area contributed by atoms with Crippen molar-refractivity contribution in [2.75, 3.05) is 25.5 Å². The first-order valence-corrected chi connectivity index (χ1v) is 8.86. The van der Waals surface area contributed by atoms with Crippen LogP contribution in [0.4, 0.5) is 5.69 Å². The summed E-state index contributed by atoms with van der Waals surface area (Å²) in [5, 5.41) is 2.74. The first-order valence-electron chi connectivity index (χ1n) is 7.42. The van der Waals surface area contributed by atoms with Crippen LogP contribution in [0, 0.1) is 5.92 Å². The number of ether oxygens (including phenoxy) is 1. The Labute approximate surface area is 130 Å². The minimum Gasteiger partial charge on any atom is -0.494 e. The Morgan fingerprint density at radius 1 is 1.41 bits per heavy atom. The third kappa shape index (κ3) is 2.19. The highest BCUT2D eigenvalue weighted by Gasteiger charge is 2.71. The summed E-state index contributed by atoms with van der Waals surface area (Å²) < 4.78 is 30.4. The minimum absolute atomic E-state index is 0.0589. The van der Waals surface area contributed by atoms with Crippen molar-refractivity contribution in [1.82, 2.24) is 4.31 Å². The van der Waals surface area contributed by atoms with Crippen molar-refractivity contribution < 1.29 is 17.9 Å². The number of hydrogen-bond acceptors (Lipinski definition) is 4. The topological polar surface area (TPSA) is 75.7 Å². The lowest BCUT2D eigenvalue weighted by atomic mass is 10.2. The summed E-state index contributed by atoms with van der Waals surface area (Å²) in [6.45, 7) is 2.96. The van der Waals surface area contributed by atoms with Gasteiger partial charge in [0.05, 0.1) is 6.61 Å². The van der Waals surface area contributed by atoms with Crippen LogP contribution in [0.5, 0.6) is 5.75 Å². The number of anilines is 1. The lowest BCUT2D eigenvalue weighted by Crippen LogP contribution is -2.50. The summed E-state index contributed by atoms with van der Waals surface area (Å²) >= 11 is 0. The molecule has 2 fully saturated rings. The maximum absolute atomic E-state index is 12.6. The van der Waals surface area contributed by atoms with Gasteiger partial charge in [0, 0.05) is 19.3 Å². The van der Waals surface area contributed by atoms with Crippen LogP contribution in [0.3, 0.4) is 0 Å². The second-order valence-electron chi connectivity index (χ2n) is 5.82. The van der Waals surface area contributed by atoms with Crippen LogP contribution in [0.15, 0.2) is 24.3 Å². The molecule has 1 heterocycles. The van der Waals surface area contributed by atoms with E-state index in [4.69, 9.17) is 4.74 Å². The molecule has 1 aliphatic heterocycles. The molecule has 6 nitrogen and oxygen atoms in total. The average molecular weight is 324 g/mol. The van der Waals surface area contributed by atoms with Crippen LogP contribution >= 0.6 is 0 Å². The van der Waals surface area contributed by atoms with E-state index in [1.807, 2.05) is 6.92 Å². The molecule has 1 aliphatic carbocycles. The molecule has 0 radical (unpaired) electrons. The van der Waals surface area contributed by atoms with Crippen molar-refractivity contribution in [3.63, 3.8) is 0 Å². The molecule has 3 rings (SSSR count). The molecule has 1 aromatic rings. The van der Waals surface area contributed by atoms with Crippen molar-refractivity contribution in [2.45, 2.75) is 24.5 Å². The van der Waals surface area contributed by atoms with Gasteiger partial charge in [0.15, 0.2) is 4.75 Å². The van der Waals surface area contributed by atoms with E-state index < -0.39 is 20.7 Å². The zero-order chi connectivity index (χ0) is 16.0. The fourth-order valence-corrected chi connectivity index (χ4v) is 5.27. The van der Waals surface area contributed by atoms with Gasteiger partial charge in [0.25, 0.3) is 0 Å². The predicted octanol–water partition coefficient (Wildman–Crippen LogP) is 1.45. The van der Waals surface area contributed by atoms with Crippen molar-refractivity contribution in [3.8, 4) is 5.75 Å². The number of carbonyl (C=O) groups is 1. The van der Waals surface area contributed by atoms with E-state index in [0.717, 1.165) is 6.42 Å². The van der Waals surface area contributed by atoms with Gasteiger partial charge in [0.1, 0.15) is 5.75 Å². The van der Waals surface area contributed by atoms with Crippen LogP contribution in [0.2, 0.25) is 0 Å². The number of benzene rings is 1. The van der Waals surface area contributed by atoms with Gasteiger partial charge in [0.2, 0.25) is 15.9 Å². The predicted molar refractivity (Wildman–Crippen MR) is 83.2 cm³/mol. The third-order valence-electron chi connectivity index (χ3n) is 4.52. The zero-order valence-electron chi connectivity index (χ0n) is 12.7. The molecule has 1 saturated heterocycles. The molecular formula is C15H20N2O4S. The van der Waals surface area contributed by atoms with Crippen molar-refractivity contribution >= 4 is 21.6 Å². The number of nitrogens with one attached hydrogen (secondary N) is 1. The highest BCUT2D eigenvalue weighted by Crippen LogP contribution is 2.56. The Morgan fingerprint density at radius 2 is 2.09 bits per heavy atom. The largest absolute Gasteiger partial charge is 0.494 e. The third-order valence-corrected chi connectivity index (χ3v) is 7.13. The van der Waals surface area contributed by atoms with Gasteiger partial charge in [-0.2, -0.15) is 0 Å². The molecule has 2 atom stereocenters. The van der Waals surface area contributed by atoms with Crippen LogP contribution in [-0.2, 0) is 14.8 Å². The van der Waals surface area contributed by atoms with Gasteiger partial charge in [-0.1, -0.05) is 0 Å². The molecular weight excluding hydrogens is 304 g/mol. The summed E-state index contributed by atoms with van der Waals surface area (Å²) in [4.78, 5) is 12.6. The molecule has 1 amide bonds. The molecule has 7 heteroatoms. The summed E-state index contributed by atoms with van der Waals surface area (Å²) in [5.74, 6) is 0.234. The van der Waals surface area contributed by atoms with Crippen LogP contribution in [0.1, 0.15) is 19.8 Å². The van der Waals surface area contributed by atoms with Gasteiger partial charge in [-0.15, -0.1) is 0 Å². The number of carbonyl (C=O) groups excluding carboxylic acids is 1. The minimum atomic E-state index is -3.57. The van der Waals surface area contributed by atoms with Gasteiger partial charge in [-0.05, 0) is 49.9 Å². The lowest BCUT2D eigenvalue weighted by Gasteiger charge is -2.28.